The zero-order valence-electron chi connectivity index (χ0n) is 21.9. The van der Waals surface area contributed by atoms with Crippen LogP contribution in [0, 0.1) is 0 Å². The van der Waals surface area contributed by atoms with Gasteiger partial charge in [-0.05, 0) is 48.0 Å². The summed E-state index contributed by atoms with van der Waals surface area (Å²) in [5.74, 6) is -0.291. The lowest BCUT2D eigenvalue weighted by Crippen LogP contribution is -2.42. The molecule has 202 valence electrons. The quantitative estimate of drug-likeness (QED) is 0.183. The molecule has 0 radical (unpaired) electrons. The zero-order valence-corrected chi connectivity index (χ0v) is 22.7. The second kappa shape index (κ2) is 11.9. The summed E-state index contributed by atoms with van der Waals surface area (Å²) >= 11 is 6.21. The standard InChI is InChI=1S/C31H27ClN4O4/c1-39-25-10-5-7-20(15-25)30-21(19-36(35-30)24-9-6-8-23(32)17-24)13-14-29(37)34-28(31(38)40-2)16-22-18-33-27-12-4-3-11-26(22)27/h3-15,17-19,28,33H,16H2,1-2H3,(H,34,37)/b14-13-. The maximum atomic E-state index is 13.0. The molecule has 0 spiro atoms. The molecule has 8 nitrogen and oxygen atoms in total. The molecule has 0 aliphatic carbocycles. The molecule has 2 heterocycles. The van der Waals surface area contributed by atoms with Gasteiger partial charge in [-0.15, -0.1) is 0 Å². The third kappa shape index (κ3) is 5.92. The molecule has 3 aromatic carbocycles. The molecular formula is C31H27ClN4O4. The molecule has 0 saturated carbocycles. The number of carbonyl (C=O) groups is 2. The van der Waals surface area contributed by atoms with Gasteiger partial charge in [0.05, 0.1) is 19.9 Å². The highest BCUT2D eigenvalue weighted by molar-refractivity contribution is 6.30. The monoisotopic (exact) mass is 554 g/mol. The number of nitrogens with zero attached hydrogens (tertiary/aromatic N) is 2. The summed E-state index contributed by atoms with van der Waals surface area (Å²) in [6.07, 6.45) is 6.98. The number of hydrogen-bond donors (Lipinski definition) is 2. The molecule has 40 heavy (non-hydrogen) atoms. The van der Waals surface area contributed by atoms with Crippen LogP contribution in [0.1, 0.15) is 11.1 Å². The maximum absolute atomic E-state index is 13.0. The van der Waals surface area contributed by atoms with Crippen molar-refractivity contribution in [1.29, 1.82) is 0 Å². The average Bonchev–Trinajstić information content (AvgIpc) is 3.60. The van der Waals surface area contributed by atoms with Gasteiger partial charge >= 0.3 is 5.97 Å². The third-order valence-corrected chi connectivity index (χ3v) is 6.71. The lowest BCUT2D eigenvalue weighted by Gasteiger charge is -2.15. The van der Waals surface area contributed by atoms with Crippen molar-refractivity contribution in [2.24, 2.45) is 0 Å². The van der Waals surface area contributed by atoms with Gasteiger partial charge in [0.1, 0.15) is 17.5 Å². The fourth-order valence-corrected chi connectivity index (χ4v) is 4.68. The number of carbonyl (C=O) groups excluding carboxylic acids is 2. The number of H-pyrrole nitrogens is 1. The molecule has 0 saturated heterocycles. The van der Waals surface area contributed by atoms with E-state index in [1.165, 1.54) is 13.2 Å². The minimum Gasteiger partial charge on any atom is -0.497 e. The van der Waals surface area contributed by atoms with Crippen molar-refractivity contribution < 1.29 is 19.1 Å². The van der Waals surface area contributed by atoms with E-state index in [-0.39, 0.29) is 6.42 Å². The van der Waals surface area contributed by atoms with E-state index in [2.05, 4.69) is 10.3 Å². The summed E-state index contributed by atoms with van der Waals surface area (Å²) in [5, 5.41) is 9.12. The van der Waals surface area contributed by atoms with E-state index in [9.17, 15) is 9.59 Å². The van der Waals surface area contributed by atoms with E-state index >= 15 is 0 Å². The summed E-state index contributed by atoms with van der Waals surface area (Å²) in [4.78, 5) is 28.8. The molecule has 5 aromatic rings. The Kier molecular flexibility index (Phi) is 7.98. The second-order valence-corrected chi connectivity index (χ2v) is 9.51. The van der Waals surface area contributed by atoms with Crippen molar-refractivity contribution in [3.05, 3.63) is 107 Å². The average molecular weight is 555 g/mol. The summed E-state index contributed by atoms with van der Waals surface area (Å²) in [7, 11) is 2.90. The van der Waals surface area contributed by atoms with Crippen LogP contribution in [-0.2, 0) is 20.7 Å². The molecule has 1 unspecified atom stereocenters. The van der Waals surface area contributed by atoms with E-state index in [0.717, 1.165) is 27.7 Å². The van der Waals surface area contributed by atoms with Gasteiger partial charge in [-0.25, -0.2) is 9.48 Å². The van der Waals surface area contributed by atoms with Crippen LogP contribution in [0.25, 0.3) is 33.9 Å². The number of esters is 1. The molecule has 2 aromatic heterocycles. The van der Waals surface area contributed by atoms with Crippen LogP contribution in [0.15, 0.2) is 91.3 Å². The summed E-state index contributed by atoms with van der Waals surface area (Å²) in [6.45, 7) is 0. The van der Waals surface area contributed by atoms with Crippen molar-refractivity contribution >= 4 is 40.5 Å². The smallest absolute Gasteiger partial charge is 0.328 e. The predicted octanol–water partition coefficient (Wildman–Crippen LogP) is 5.60. The summed E-state index contributed by atoms with van der Waals surface area (Å²) in [5.41, 5.74) is 4.77. The van der Waals surface area contributed by atoms with Gasteiger partial charge < -0.3 is 19.8 Å². The topological polar surface area (TPSA) is 98.2 Å². The Balaban J connectivity index is 1.42. The van der Waals surface area contributed by atoms with E-state index in [4.69, 9.17) is 26.2 Å². The van der Waals surface area contributed by atoms with Crippen LogP contribution < -0.4 is 10.1 Å². The largest absolute Gasteiger partial charge is 0.497 e. The van der Waals surface area contributed by atoms with Crippen LogP contribution in [0.5, 0.6) is 5.75 Å². The molecule has 0 aliphatic rings. The Morgan fingerprint density at radius 3 is 2.70 bits per heavy atom. The van der Waals surface area contributed by atoms with Crippen molar-refractivity contribution in [1.82, 2.24) is 20.1 Å². The SMILES string of the molecule is COC(=O)C(Cc1c[nH]c2ccccc12)NC(=O)/C=C\c1cn(-c2cccc(Cl)c2)nc1-c1cccc(OC)c1. The van der Waals surface area contributed by atoms with Gasteiger partial charge in [-0.1, -0.05) is 48.0 Å². The van der Waals surface area contributed by atoms with Crippen LogP contribution in [0.2, 0.25) is 5.02 Å². The van der Waals surface area contributed by atoms with Gasteiger partial charge in [0.15, 0.2) is 0 Å². The van der Waals surface area contributed by atoms with Crippen molar-refractivity contribution in [2.45, 2.75) is 12.5 Å². The number of hydrogen-bond acceptors (Lipinski definition) is 5. The fourth-order valence-electron chi connectivity index (χ4n) is 4.50. The molecule has 0 aliphatic heterocycles. The number of para-hydroxylation sites is 1. The van der Waals surface area contributed by atoms with E-state index in [0.29, 0.717) is 22.0 Å². The highest BCUT2D eigenvalue weighted by Gasteiger charge is 2.23. The lowest BCUT2D eigenvalue weighted by molar-refractivity contribution is -0.144. The first-order valence-electron chi connectivity index (χ1n) is 12.6. The second-order valence-electron chi connectivity index (χ2n) is 9.07. The highest BCUT2D eigenvalue weighted by Crippen LogP contribution is 2.28. The number of methoxy groups -OCH3 is 2. The van der Waals surface area contributed by atoms with Gasteiger partial charge in [0.2, 0.25) is 5.91 Å². The molecule has 2 N–H and O–H groups in total. The Morgan fingerprint density at radius 2 is 1.90 bits per heavy atom. The minimum absolute atomic E-state index is 0.276. The van der Waals surface area contributed by atoms with Crippen LogP contribution in [0.3, 0.4) is 0 Å². The summed E-state index contributed by atoms with van der Waals surface area (Å²) < 4.78 is 12.1. The lowest BCUT2D eigenvalue weighted by atomic mass is 10.0. The highest BCUT2D eigenvalue weighted by atomic mass is 35.5. The zero-order chi connectivity index (χ0) is 28.1. The number of halogens is 1. The molecule has 0 fully saturated rings. The molecule has 1 amide bonds. The molecule has 0 bridgehead atoms. The minimum atomic E-state index is -0.867. The van der Waals surface area contributed by atoms with Crippen LogP contribution >= 0.6 is 11.6 Å². The van der Waals surface area contributed by atoms with E-state index < -0.39 is 17.9 Å². The molecule has 1 atom stereocenters. The van der Waals surface area contributed by atoms with Crippen molar-refractivity contribution in [3.63, 3.8) is 0 Å². The number of aromatic amines is 1. The number of fused-ring (bicyclic) bond motifs is 1. The van der Waals surface area contributed by atoms with E-state index in [1.807, 2.05) is 73.1 Å². The fraction of sp³-hybridized carbons (Fsp3) is 0.129. The summed E-state index contributed by atoms with van der Waals surface area (Å²) in [6, 6.07) is 21.7. The number of nitrogens with one attached hydrogen (secondary N) is 2. The van der Waals surface area contributed by atoms with E-state index in [1.54, 1.807) is 30.0 Å². The Hall–Kier alpha value is -4.82. The first-order valence-corrected chi connectivity index (χ1v) is 12.9. The predicted molar refractivity (Wildman–Crippen MR) is 156 cm³/mol. The van der Waals surface area contributed by atoms with Gasteiger partial charge in [-0.3, -0.25) is 4.79 Å². The first kappa shape index (κ1) is 26.8. The Morgan fingerprint density at radius 1 is 1.07 bits per heavy atom. The number of ether oxygens (including phenoxy) is 2. The normalized spacial score (nSPS) is 12.0. The Labute approximate surface area is 236 Å². The van der Waals surface area contributed by atoms with Crippen LogP contribution in [-0.4, -0.2) is 46.9 Å². The number of rotatable bonds is 9. The first-order chi connectivity index (χ1) is 19.4. The number of aromatic nitrogens is 3. The van der Waals surface area contributed by atoms with Crippen molar-refractivity contribution in [2.75, 3.05) is 14.2 Å². The van der Waals surface area contributed by atoms with Crippen LogP contribution in [0.4, 0.5) is 0 Å². The van der Waals surface area contributed by atoms with Gasteiger partial charge in [-0.2, -0.15) is 5.10 Å². The number of amides is 1. The van der Waals surface area contributed by atoms with Gasteiger partial charge in [0, 0.05) is 51.9 Å². The molecule has 5 rings (SSSR count). The number of benzene rings is 3. The molecule has 9 heteroatoms. The van der Waals surface area contributed by atoms with Gasteiger partial charge in [0.25, 0.3) is 0 Å². The Bertz CT molecular complexity index is 1700. The maximum Gasteiger partial charge on any atom is 0.328 e. The third-order valence-electron chi connectivity index (χ3n) is 6.47. The van der Waals surface area contributed by atoms with Crippen molar-refractivity contribution in [3.8, 4) is 22.7 Å². The molecular weight excluding hydrogens is 528 g/mol.